The summed E-state index contributed by atoms with van der Waals surface area (Å²) in [6.07, 6.45) is 0. The summed E-state index contributed by atoms with van der Waals surface area (Å²) in [5, 5.41) is 2.50. The summed E-state index contributed by atoms with van der Waals surface area (Å²) in [5.41, 5.74) is 20.0. The molecule has 0 bridgehead atoms. The van der Waals surface area contributed by atoms with Gasteiger partial charge in [0.2, 0.25) is 0 Å². The zero-order valence-corrected chi connectivity index (χ0v) is 30.8. The van der Waals surface area contributed by atoms with Crippen LogP contribution >= 0.6 is 0 Å². The van der Waals surface area contributed by atoms with E-state index < -0.39 is 0 Å². The molecule has 0 fully saturated rings. The summed E-state index contributed by atoms with van der Waals surface area (Å²) in [5.74, 6) is 0.173. The van der Waals surface area contributed by atoms with Crippen molar-refractivity contribution in [3.63, 3.8) is 0 Å². The maximum atomic E-state index is 2.45. The summed E-state index contributed by atoms with van der Waals surface area (Å²) in [6.45, 7) is 0. The van der Waals surface area contributed by atoms with E-state index in [1.807, 2.05) is 0 Å². The maximum Gasteiger partial charge on any atom is 0.0541 e. The lowest BCUT2D eigenvalue weighted by Crippen LogP contribution is -1.99. The zero-order valence-electron chi connectivity index (χ0n) is 30.8. The van der Waals surface area contributed by atoms with E-state index in [4.69, 9.17) is 0 Å². The van der Waals surface area contributed by atoms with Crippen LogP contribution in [0.15, 0.2) is 218 Å². The number of hydrogen-bond donors (Lipinski definition) is 0. The first kappa shape index (κ1) is 32.2. The molecule has 0 amide bonds. The van der Waals surface area contributed by atoms with Gasteiger partial charge in [0, 0.05) is 22.4 Å². The Kier molecular flexibility index (Phi) is 7.64. The standard InChI is InChI=1S/C55H37N/c1-4-14-37(15-5-1)40-24-26-41(27-25-40)55-50-22-11-10-20-47(50)48-30-28-42(36-52(48)55)43-29-31-54-51(35-43)49-21-12-13-23-53(49)56(54)46-33-44(38-16-6-2-7-17-38)32-45(34-46)39-18-8-3-9-19-39/h1-36,55H. The van der Waals surface area contributed by atoms with E-state index in [-0.39, 0.29) is 5.92 Å². The highest BCUT2D eigenvalue weighted by Crippen LogP contribution is 2.49. The van der Waals surface area contributed by atoms with Crippen molar-refractivity contribution in [3.8, 4) is 61.3 Å². The summed E-state index contributed by atoms with van der Waals surface area (Å²) < 4.78 is 2.45. The van der Waals surface area contributed by atoms with E-state index in [2.05, 4.69) is 223 Å². The number of aromatic nitrogens is 1. The molecule has 1 heterocycles. The van der Waals surface area contributed by atoms with Crippen LogP contribution in [-0.2, 0) is 0 Å². The first-order valence-corrected chi connectivity index (χ1v) is 19.5. The fraction of sp³-hybridized carbons (Fsp3) is 0.0182. The van der Waals surface area contributed by atoms with Crippen molar-refractivity contribution in [3.05, 3.63) is 235 Å². The average molecular weight is 712 g/mol. The molecule has 0 saturated heterocycles. The van der Waals surface area contributed by atoms with Crippen molar-refractivity contribution in [2.75, 3.05) is 0 Å². The first-order chi connectivity index (χ1) is 27.8. The largest absolute Gasteiger partial charge is 0.309 e. The second-order valence-corrected chi connectivity index (χ2v) is 14.9. The Balaban J connectivity index is 1.04. The fourth-order valence-electron chi connectivity index (χ4n) is 9.01. The molecule has 0 saturated carbocycles. The van der Waals surface area contributed by atoms with Gasteiger partial charge in [0.1, 0.15) is 0 Å². The molecule has 10 aromatic rings. The van der Waals surface area contributed by atoms with Crippen LogP contribution < -0.4 is 0 Å². The zero-order chi connectivity index (χ0) is 37.0. The smallest absolute Gasteiger partial charge is 0.0541 e. The summed E-state index contributed by atoms with van der Waals surface area (Å²) >= 11 is 0. The van der Waals surface area contributed by atoms with Crippen molar-refractivity contribution in [1.29, 1.82) is 0 Å². The molecule has 1 nitrogen and oxygen atoms in total. The van der Waals surface area contributed by atoms with Crippen LogP contribution in [0.1, 0.15) is 22.6 Å². The summed E-state index contributed by atoms with van der Waals surface area (Å²) in [6, 6.07) is 80.2. The highest BCUT2D eigenvalue weighted by Gasteiger charge is 2.30. The normalized spacial score (nSPS) is 13.2. The van der Waals surface area contributed by atoms with Gasteiger partial charge in [0.25, 0.3) is 0 Å². The van der Waals surface area contributed by atoms with Crippen LogP contribution in [-0.4, -0.2) is 4.57 Å². The van der Waals surface area contributed by atoms with Gasteiger partial charge in [0.05, 0.1) is 11.0 Å². The Hall–Kier alpha value is -7.22. The Morgan fingerprint density at radius 2 is 0.786 bits per heavy atom. The monoisotopic (exact) mass is 711 g/mol. The molecule has 1 unspecified atom stereocenters. The minimum atomic E-state index is 0.173. The topological polar surface area (TPSA) is 4.93 Å². The van der Waals surface area contributed by atoms with Crippen molar-refractivity contribution in [2.24, 2.45) is 0 Å². The van der Waals surface area contributed by atoms with Gasteiger partial charge in [-0.1, -0.05) is 176 Å². The van der Waals surface area contributed by atoms with Crippen LogP contribution in [0.5, 0.6) is 0 Å². The van der Waals surface area contributed by atoms with E-state index in [0.29, 0.717) is 0 Å². The van der Waals surface area contributed by atoms with Gasteiger partial charge in [-0.3, -0.25) is 0 Å². The second-order valence-electron chi connectivity index (χ2n) is 14.9. The van der Waals surface area contributed by atoms with Gasteiger partial charge < -0.3 is 4.57 Å². The Labute approximate surface area is 327 Å². The lowest BCUT2D eigenvalue weighted by Gasteiger charge is -2.16. The Morgan fingerprint density at radius 1 is 0.286 bits per heavy atom. The molecule has 1 heteroatoms. The third kappa shape index (κ3) is 5.40. The van der Waals surface area contributed by atoms with E-state index in [1.54, 1.807) is 0 Å². The van der Waals surface area contributed by atoms with Crippen molar-refractivity contribution < 1.29 is 0 Å². The highest BCUT2D eigenvalue weighted by molar-refractivity contribution is 6.10. The number of nitrogens with zero attached hydrogens (tertiary/aromatic N) is 1. The first-order valence-electron chi connectivity index (χ1n) is 19.5. The Morgan fingerprint density at radius 3 is 1.48 bits per heavy atom. The third-order valence-electron chi connectivity index (χ3n) is 11.7. The van der Waals surface area contributed by atoms with Crippen LogP contribution in [0, 0.1) is 0 Å². The molecule has 9 aromatic carbocycles. The molecule has 0 N–H and O–H groups in total. The molecule has 1 aliphatic carbocycles. The van der Waals surface area contributed by atoms with Gasteiger partial charge in [-0.25, -0.2) is 0 Å². The van der Waals surface area contributed by atoms with E-state index >= 15 is 0 Å². The van der Waals surface area contributed by atoms with E-state index in [9.17, 15) is 0 Å². The SMILES string of the molecule is c1ccc(-c2ccc(C3c4ccccc4-c4ccc(-c5ccc6c(c5)c5ccccc5n6-c5cc(-c6ccccc6)cc(-c6ccccc6)c5)cc43)cc2)cc1. The molecule has 262 valence electrons. The summed E-state index contributed by atoms with van der Waals surface area (Å²) in [7, 11) is 0. The van der Waals surface area contributed by atoms with Gasteiger partial charge in [-0.05, 0) is 115 Å². The predicted molar refractivity (Wildman–Crippen MR) is 235 cm³/mol. The fourth-order valence-corrected chi connectivity index (χ4v) is 9.01. The van der Waals surface area contributed by atoms with Gasteiger partial charge in [0.15, 0.2) is 0 Å². The molecule has 1 aromatic heterocycles. The van der Waals surface area contributed by atoms with Crippen LogP contribution in [0.4, 0.5) is 0 Å². The lowest BCUT2D eigenvalue weighted by molar-refractivity contribution is 1.02. The molecule has 0 spiro atoms. The molecular formula is C55H37N. The number of benzene rings is 9. The maximum absolute atomic E-state index is 2.45. The molecule has 56 heavy (non-hydrogen) atoms. The number of rotatable bonds is 6. The Bertz CT molecular complexity index is 2990. The van der Waals surface area contributed by atoms with Crippen molar-refractivity contribution in [1.82, 2.24) is 4.57 Å². The minimum absolute atomic E-state index is 0.173. The molecular weight excluding hydrogens is 675 g/mol. The van der Waals surface area contributed by atoms with E-state index in [0.717, 1.165) is 5.69 Å². The molecule has 11 rings (SSSR count). The van der Waals surface area contributed by atoms with Gasteiger partial charge in [-0.15, -0.1) is 0 Å². The summed E-state index contributed by atoms with van der Waals surface area (Å²) in [4.78, 5) is 0. The minimum Gasteiger partial charge on any atom is -0.309 e. The number of para-hydroxylation sites is 1. The number of hydrogen-bond acceptors (Lipinski definition) is 0. The average Bonchev–Trinajstić information content (AvgIpc) is 3.79. The highest BCUT2D eigenvalue weighted by atomic mass is 15.0. The quantitative estimate of drug-likeness (QED) is 0.162. The molecule has 0 aliphatic heterocycles. The van der Waals surface area contributed by atoms with Gasteiger partial charge >= 0.3 is 0 Å². The van der Waals surface area contributed by atoms with Crippen LogP contribution in [0.3, 0.4) is 0 Å². The number of fused-ring (bicyclic) bond motifs is 6. The molecule has 0 radical (unpaired) electrons. The van der Waals surface area contributed by atoms with Crippen LogP contribution in [0.25, 0.3) is 83.1 Å². The predicted octanol–water partition coefficient (Wildman–Crippen LogP) is 14.6. The molecule has 1 aliphatic rings. The third-order valence-corrected chi connectivity index (χ3v) is 11.7. The van der Waals surface area contributed by atoms with Gasteiger partial charge in [-0.2, -0.15) is 0 Å². The van der Waals surface area contributed by atoms with E-state index in [1.165, 1.54) is 94.1 Å². The van der Waals surface area contributed by atoms with Crippen LogP contribution in [0.2, 0.25) is 0 Å². The van der Waals surface area contributed by atoms with Crippen molar-refractivity contribution >= 4 is 21.8 Å². The lowest BCUT2D eigenvalue weighted by atomic mass is 9.87. The second kappa shape index (κ2) is 13.3. The molecule has 1 atom stereocenters. The van der Waals surface area contributed by atoms with Crippen molar-refractivity contribution in [2.45, 2.75) is 5.92 Å².